The molecule has 0 fully saturated rings. The lowest BCUT2D eigenvalue weighted by Crippen LogP contribution is -2.27. The molecule has 0 aliphatic carbocycles. The van der Waals surface area contributed by atoms with Crippen LogP contribution in [0.1, 0.15) is 18.2 Å². The van der Waals surface area contributed by atoms with Gasteiger partial charge in [0.15, 0.2) is 0 Å². The van der Waals surface area contributed by atoms with Crippen molar-refractivity contribution in [2.24, 2.45) is 0 Å². The molecule has 2 aromatic heterocycles. The Morgan fingerprint density at radius 2 is 1.89 bits per heavy atom. The molecule has 0 aliphatic heterocycles. The number of aromatic amines is 1. The van der Waals surface area contributed by atoms with Crippen LogP contribution in [0.2, 0.25) is 0 Å². The van der Waals surface area contributed by atoms with Crippen molar-refractivity contribution in [2.75, 3.05) is 13.2 Å². The number of H-pyrrole nitrogens is 1. The van der Waals surface area contributed by atoms with E-state index in [1.54, 1.807) is 12.1 Å². The summed E-state index contributed by atoms with van der Waals surface area (Å²) in [6.45, 7) is 4.13. The first-order chi connectivity index (χ1) is 13.4. The highest BCUT2D eigenvalue weighted by molar-refractivity contribution is 7.91. The number of pyridine rings is 1. The van der Waals surface area contributed by atoms with Crippen LogP contribution in [0, 0.1) is 6.92 Å². The average molecular weight is 419 g/mol. The Bertz CT molecular complexity index is 1100. The van der Waals surface area contributed by atoms with Crippen molar-refractivity contribution in [1.29, 1.82) is 0 Å². The molecule has 148 valence electrons. The minimum absolute atomic E-state index is 0.103. The van der Waals surface area contributed by atoms with Crippen LogP contribution in [0.5, 0.6) is 5.75 Å². The van der Waals surface area contributed by atoms with Crippen LogP contribution in [0.3, 0.4) is 0 Å². The fourth-order valence-corrected chi connectivity index (χ4v) is 5.16. The number of para-hydroxylation sites is 1. The summed E-state index contributed by atoms with van der Waals surface area (Å²) in [6, 6.07) is 14.4. The average Bonchev–Trinajstić information content (AvgIpc) is 3.17. The molecule has 28 heavy (non-hydrogen) atoms. The van der Waals surface area contributed by atoms with E-state index < -0.39 is 10.0 Å². The number of hydrogen-bond acceptors (Lipinski definition) is 5. The van der Waals surface area contributed by atoms with Gasteiger partial charge in [0, 0.05) is 28.2 Å². The summed E-state index contributed by atoms with van der Waals surface area (Å²) in [5.41, 5.74) is 2.13. The molecule has 6 nitrogen and oxygen atoms in total. The Morgan fingerprint density at radius 1 is 1.14 bits per heavy atom. The normalized spacial score (nSPS) is 11.5. The van der Waals surface area contributed by atoms with Crippen molar-refractivity contribution in [1.82, 2.24) is 9.71 Å². The number of aromatic nitrogens is 1. The number of hydrogen-bond donors (Lipinski definition) is 2. The van der Waals surface area contributed by atoms with E-state index in [-0.39, 0.29) is 22.9 Å². The molecule has 0 amide bonds. The van der Waals surface area contributed by atoms with E-state index in [4.69, 9.17) is 4.74 Å². The van der Waals surface area contributed by atoms with Crippen molar-refractivity contribution in [2.45, 2.75) is 24.5 Å². The Morgan fingerprint density at radius 3 is 2.61 bits per heavy atom. The van der Waals surface area contributed by atoms with E-state index in [0.29, 0.717) is 17.7 Å². The van der Waals surface area contributed by atoms with Gasteiger partial charge >= 0.3 is 0 Å². The van der Waals surface area contributed by atoms with Gasteiger partial charge in [-0.2, -0.15) is 0 Å². The first-order valence-electron chi connectivity index (χ1n) is 8.91. The molecule has 0 spiro atoms. The van der Waals surface area contributed by atoms with Crippen molar-refractivity contribution in [3.05, 3.63) is 70.1 Å². The second-order valence-corrected chi connectivity index (χ2v) is 9.27. The van der Waals surface area contributed by atoms with E-state index >= 15 is 0 Å². The molecular formula is C20H22N2O4S2. The number of nitrogens with one attached hydrogen (secondary N) is 2. The summed E-state index contributed by atoms with van der Waals surface area (Å²) >= 11 is 1.17. The van der Waals surface area contributed by atoms with Crippen molar-refractivity contribution in [3.8, 4) is 16.2 Å². The lowest BCUT2D eigenvalue weighted by Gasteiger charge is -2.07. The lowest BCUT2D eigenvalue weighted by molar-refractivity contribution is 0.323. The third-order valence-corrected chi connectivity index (χ3v) is 7.29. The van der Waals surface area contributed by atoms with Gasteiger partial charge in [0.2, 0.25) is 10.0 Å². The predicted octanol–water partition coefficient (Wildman–Crippen LogP) is 3.33. The Hall–Kier alpha value is -2.42. The number of benzene rings is 1. The van der Waals surface area contributed by atoms with Gasteiger partial charge in [-0.3, -0.25) is 4.79 Å². The van der Waals surface area contributed by atoms with Crippen molar-refractivity contribution < 1.29 is 13.2 Å². The highest BCUT2D eigenvalue weighted by atomic mass is 32.2. The summed E-state index contributed by atoms with van der Waals surface area (Å²) in [6.07, 6.45) is 0.613. The molecule has 8 heteroatoms. The third-order valence-electron chi connectivity index (χ3n) is 4.21. The van der Waals surface area contributed by atoms with Gasteiger partial charge in [-0.15, -0.1) is 11.3 Å². The SMILES string of the molecule is CCc1cc(-c2ccc(S(=O)(=O)NCCOc3ccccc3)s2)c(C)[nH]c1=O. The van der Waals surface area contributed by atoms with Crippen LogP contribution >= 0.6 is 11.3 Å². The van der Waals surface area contributed by atoms with Gasteiger partial charge in [-0.05, 0) is 43.7 Å². The maximum Gasteiger partial charge on any atom is 0.251 e. The summed E-state index contributed by atoms with van der Waals surface area (Å²) in [5, 5.41) is 0. The van der Waals surface area contributed by atoms with Crippen LogP contribution < -0.4 is 15.0 Å². The quantitative estimate of drug-likeness (QED) is 0.549. The molecule has 0 radical (unpaired) electrons. The molecule has 1 aromatic carbocycles. The second kappa shape index (κ2) is 8.72. The number of sulfonamides is 1. The summed E-state index contributed by atoms with van der Waals surface area (Å²) in [5.74, 6) is 0.695. The Labute approximate surface area is 168 Å². The Kier molecular flexibility index (Phi) is 6.33. The zero-order valence-corrected chi connectivity index (χ0v) is 17.3. The standard InChI is InChI=1S/C20H22N2O4S2/c1-3-15-13-17(14(2)22-20(15)23)18-9-10-19(27-18)28(24,25)21-11-12-26-16-7-5-4-6-8-16/h4-10,13,21H,3,11-12H2,1-2H3,(H,22,23). The van der Waals surface area contributed by atoms with Gasteiger partial charge in [0.05, 0.1) is 0 Å². The van der Waals surface area contributed by atoms with Gasteiger partial charge in [0.1, 0.15) is 16.6 Å². The summed E-state index contributed by atoms with van der Waals surface area (Å²) in [4.78, 5) is 15.5. The third kappa shape index (κ3) is 4.70. The van der Waals surface area contributed by atoms with Gasteiger partial charge in [-0.25, -0.2) is 13.1 Å². The van der Waals surface area contributed by atoms with E-state index in [1.807, 2.05) is 50.2 Å². The minimum Gasteiger partial charge on any atom is -0.492 e. The smallest absolute Gasteiger partial charge is 0.251 e. The molecule has 3 rings (SSSR count). The zero-order valence-electron chi connectivity index (χ0n) is 15.7. The monoisotopic (exact) mass is 418 g/mol. The van der Waals surface area contributed by atoms with Gasteiger partial charge in [0.25, 0.3) is 5.56 Å². The van der Waals surface area contributed by atoms with Crippen molar-refractivity contribution in [3.63, 3.8) is 0 Å². The predicted molar refractivity (Wildman–Crippen MR) is 112 cm³/mol. The highest BCUT2D eigenvalue weighted by Crippen LogP contribution is 2.32. The number of ether oxygens (including phenoxy) is 1. The van der Waals surface area contributed by atoms with E-state index in [1.165, 1.54) is 11.3 Å². The van der Waals surface area contributed by atoms with Crippen LogP contribution in [-0.4, -0.2) is 26.6 Å². The molecule has 3 aromatic rings. The molecule has 0 atom stereocenters. The second-order valence-electron chi connectivity index (χ2n) is 6.19. The molecule has 0 saturated carbocycles. The number of thiophene rings is 1. The fraction of sp³-hybridized carbons (Fsp3) is 0.250. The molecular weight excluding hydrogens is 396 g/mol. The largest absolute Gasteiger partial charge is 0.492 e. The minimum atomic E-state index is -3.62. The lowest BCUT2D eigenvalue weighted by atomic mass is 10.1. The Balaban J connectivity index is 1.69. The van der Waals surface area contributed by atoms with Gasteiger partial charge in [-0.1, -0.05) is 25.1 Å². The van der Waals surface area contributed by atoms with Crippen molar-refractivity contribution >= 4 is 21.4 Å². The number of aryl methyl sites for hydroxylation is 2. The first-order valence-corrected chi connectivity index (χ1v) is 11.2. The van der Waals surface area contributed by atoms with Crippen LogP contribution in [0.25, 0.3) is 10.4 Å². The first kappa shape index (κ1) is 20.3. The highest BCUT2D eigenvalue weighted by Gasteiger charge is 2.18. The fourth-order valence-electron chi connectivity index (χ4n) is 2.73. The topological polar surface area (TPSA) is 88.3 Å². The molecule has 0 bridgehead atoms. The number of rotatable bonds is 8. The van der Waals surface area contributed by atoms with Crippen LogP contribution in [0.15, 0.2) is 57.5 Å². The molecule has 0 saturated heterocycles. The molecule has 0 unspecified atom stereocenters. The molecule has 0 aliphatic rings. The van der Waals surface area contributed by atoms with Crippen LogP contribution in [0.4, 0.5) is 0 Å². The van der Waals surface area contributed by atoms with E-state index in [2.05, 4.69) is 9.71 Å². The molecule has 2 heterocycles. The maximum absolute atomic E-state index is 12.5. The van der Waals surface area contributed by atoms with E-state index in [9.17, 15) is 13.2 Å². The zero-order chi connectivity index (χ0) is 20.1. The van der Waals surface area contributed by atoms with Gasteiger partial charge < -0.3 is 9.72 Å². The summed E-state index contributed by atoms with van der Waals surface area (Å²) in [7, 11) is -3.62. The van der Waals surface area contributed by atoms with Crippen LogP contribution in [-0.2, 0) is 16.4 Å². The van der Waals surface area contributed by atoms with E-state index in [0.717, 1.165) is 16.1 Å². The molecule has 2 N–H and O–H groups in total. The summed E-state index contributed by atoms with van der Waals surface area (Å²) < 4.78 is 33.4. The maximum atomic E-state index is 12.5.